The molecule has 1 aromatic carbocycles. The van der Waals surface area contributed by atoms with Crippen LogP contribution in [0, 0.1) is 17.2 Å². The van der Waals surface area contributed by atoms with Crippen molar-refractivity contribution in [1.29, 1.82) is 5.26 Å². The van der Waals surface area contributed by atoms with E-state index in [1.54, 1.807) is 24.5 Å². The fourth-order valence-electron chi connectivity index (χ4n) is 4.24. The van der Waals surface area contributed by atoms with Gasteiger partial charge in [-0.25, -0.2) is 26.8 Å². The second kappa shape index (κ2) is 8.75. The fraction of sp³-hybridized carbons (Fsp3) is 0.261. The molecule has 0 radical (unpaired) electrons. The first-order valence-corrected chi connectivity index (χ1v) is 15.1. The lowest BCUT2D eigenvalue weighted by Crippen LogP contribution is -2.39. The van der Waals surface area contributed by atoms with E-state index in [0.29, 0.717) is 34.6 Å². The van der Waals surface area contributed by atoms with Crippen molar-refractivity contribution in [3.8, 4) is 16.6 Å². The van der Waals surface area contributed by atoms with Crippen molar-refractivity contribution in [2.75, 3.05) is 17.3 Å². The number of aromatic nitrogens is 3. The van der Waals surface area contributed by atoms with Gasteiger partial charge >= 0.3 is 0 Å². The minimum Gasteiger partial charge on any atom is -0.381 e. The summed E-state index contributed by atoms with van der Waals surface area (Å²) < 4.78 is 49.7. The highest BCUT2D eigenvalue weighted by Gasteiger charge is 2.34. The van der Waals surface area contributed by atoms with Crippen molar-refractivity contribution in [3.63, 3.8) is 0 Å². The minimum absolute atomic E-state index is 0.00746. The van der Waals surface area contributed by atoms with E-state index < -0.39 is 19.7 Å². The molecule has 1 fully saturated rings. The predicted molar refractivity (Wildman–Crippen MR) is 134 cm³/mol. The number of fused-ring (bicyclic) bond motifs is 1. The van der Waals surface area contributed by atoms with E-state index in [4.69, 9.17) is 5.26 Å². The molecule has 0 spiro atoms. The highest BCUT2D eigenvalue weighted by molar-refractivity contribution is 7.92. The maximum Gasteiger partial charge on any atom is 0.186 e. The molecule has 1 saturated carbocycles. The first-order chi connectivity index (χ1) is 16.6. The molecule has 1 aliphatic rings. The van der Waals surface area contributed by atoms with Crippen LogP contribution >= 0.6 is 11.3 Å². The first kappa shape index (κ1) is 23.5. The Morgan fingerprint density at radius 1 is 1.17 bits per heavy atom. The lowest BCUT2D eigenvalue weighted by Gasteiger charge is -2.36. The third-order valence-electron chi connectivity index (χ3n) is 6.03. The van der Waals surface area contributed by atoms with Gasteiger partial charge in [0, 0.05) is 30.1 Å². The molecule has 0 atom stereocenters. The maximum atomic E-state index is 12.8. The fourth-order valence-corrected chi connectivity index (χ4v) is 7.67. The summed E-state index contributed by atoms with van der Waals surface area (Å²) in [6.45, 7) is 0. The molecule has 12 heteroatoms. The van der Waals surface area contributed by atoms with Crippen LogP contribution < -0.4 is 5.32 Å². The summed E-state index contributed by atoms with van der Waals surface area (Å²) in [7, 11) is -6.87. The molecule has 180 valence electrons. The lowest BCUT2D eigenvalue weighted by molar-refractivity contribution is 0.311. The zero-order valence-corrected chi connectivity index (χ0v) is 21.0. The van der Waals surface area contributed by atoms with Crippen LogP contribution in [0.3, 0.4) is 0 Å². The molecule has 2 N–H and O–H groups in total. The Morgan fingerprint density at radius 2 is 1.97 bits per heavy atom. The Kier molecular flexibility index (Phi) is 5.86. The third kappa shape index (κ3) is 4.67. The molecule has 3 heterocycles. The first-order valence-electron chi connectivity index (χ1n) is 10.8. The molecule has 0 aliphatic heterocycles. The van der Waals surface area contributed by atoms with E-state index >= 15 is 0 Å². The largest absolute Gasteiger partial charge is 0.381 e. The second-order valence-corrected chi connectivity index (χ2v) is 14.0. The zero-order chi connectivity index (χ0) is 24.8. The summed E-state index contributed by atoms with van der Waals surface area (Å²) in [6.07, 6.45) is 7.27. The van der Waals surface area contributed by atoms with Gasteiger partial charge in [0.1, 0.15) is 14.9 Å². The summed E-state index contributed by atoms with van der Waals surface area (Å²) >= 11 is 1.09. The van der Waals surface area contributed by atoms with Crippen molar-refractivity contribution in [2.45, 2.75) is 28.0 Å². The molecule has 0 bridgehead atoms. The number of anilines is 1. The average molecular weight is 528 g/mol. The van der Waals surface area contributed by atoms with Gasteiger partial charge in [-0.3, -0.25) is 0 Å². The number of hydrogen-bond donors (Lipinski definition) is 2. The number of aromatic amines is 1. The second-order valence-electron chi connectivity index (χ2n) is 8.64. The molecule has 1 aliphatic carbocycles. The Hall–Kier alpha value is -3.27. The van der Waals surface area contributed by atoms with Crippen molar-refractivity contribution in [2.24, 2.45) is 5.92 Å². The minimum atomic E-state index is -3.50. The Bertz CT molecular complexity index is 1680. The molecule has 0 saturated heterocycles. The topological polar surface area (TPSA) is 146 Å². The summed E-state index contributed by atoms with van der Waals surface area (Å²) in [5.74, 6) is 0.0134. The van der Waals surface area contributed by atoms with Gasteiger partial charge in [-0.1, -0.05) is 6.07 Å². The number of nitriles is 1. The SMILES string of the molecule is CS(=O)(=O)c1cnc(-c2cnc3[nH]ccc3c2NC2CC(CS(=O)(=O)c3cccc(C#N)c3)C2)s1. The number of nitrogens with zero attached hydrogens (tertiary/aromatic N) is 3. The molecule has 5 rings (SSSR count). The lowest BCUT2D eigenvalue weighted by atomic mass is 9.81. The summed E-state index contributed by atoms with van der Waals surface area (Å²) in [6, 6.07) is 10.0. The van der Waals surface area contributed by atoms with Gasteiger partial charge in [-0.05, 0) is 43.0 Å². The van der Waals surface area contributed by atoms with Gasteiger partial charge in [0.2, 0.25) is 0 Å². The van der Waals surface area contributed by atoms with Gasteiger partial charge in [-0.2, -0.15) is 5.26 Å². The number of benzene rings is 1. The summed E-state index contributed by atoms with van der Waals surface area (Å²) in [4.78, 5) is 12.0. The number of sulfone groups is 2. The van der Waals surface area contributed by atoms with Crippen molar-refractivity contribution in [3.05, 3.63) is 54.5 Å². The molecule has 35 heavy (non-hydrogen) atoms. The molecule has 3 aromatic heterocycles. The number of nitrogens with one attached hydrogen (secondary N) is 2. The molecular formula is C23H21N5O4S3. The van der Waals surface area contributed by atoms with E-state index in [2.05, 4.69) is 20.3 Å². The van der Waals surface area contributed by atoms with E-state index in [0.717, 1.165) is 28.7 Å². The summed E-state index contributed by atoms with van der Waals surface area (Å²) in [5, 5.41) is 14.0. The Labute approximate surface area is 206 Å². The molecule has 9 nitrogen and oxygen atoms in total. The monoisotopic (exact) mass is 527 g/mol. The molecule has 4 aromatic rings. The van der Waals surface area contributed by atoms with Gasteiger partial charge < -0.3 is 10.3 Å². The Morgan fingerprint density at radius 3 is 2.69 bits per heavy atom. The average Bonchev–Trinajstić information content (AvgIpc) is 3.47. The Balaban J connectivity index is 1.35. The number of hydrogen-bond acceptors (Lipinski definition) is 9. The maximum absolute atomic E-state index is 12.8. The number of rotatable bonds is 7. The van der Waals surface area contributed by atoms with Crippen molar-refractivity contribution < 1.29 is 16.8 Å². The number of H-pyrrole nitrogens is 1. The normalized spacial score (nSPS) is 18.2. The smallest absolute Gasteiger partial charge is 0.186 e. The van der Waals surface area contributed by atoms with Crippen LogP contribution in [0.15, 0.2) is 58.0 Å². The zero-order valence-electron chi connectivity index (χ0n) is 18.6. The van der Waals surface area contributed by atoms with E-state index in [-0.39, 0.29) is 26.8 Å². The number of pyridine rings is 1. The third-order valence-corrected chi connectivity index (χ3v) is 10.7. The van der Waals surface area contributed by atoms with Gasteiger partial charge in [0.15, 0.2) is 19.7 Å². The van der Waals surface area contributed by atoms with Crippen molar-refractivity contribution >= 4 is 47.7 Å². The predicted octanol–water partition coefficient (Wildman–Crippen LogP) is 3.63. The van der Waals surface area contributed by atoms with Gasteiger partial charge in [0.25, 0.3) is 0 Å². The van der Waals surface area contributed by atoms with Gasteiger partial charge in [-0.15, -0.1) is 11.3 Å². The van der Waals surface area contributed by atoms with Crippen LogP contribution in [0.1, 0.15) is 18.4 Å². The molecule has 0 amide bonds. The van der Waals surface area contributed by atoms with Crippen LogP contribution in [0.25, 0.3) is 21.6 Å². The number of thiazole rings is 1. The highest BCUT2D eigenvalue weighted by atomic mass is 32.2. The highest BCUT2D eigenvalue weighted by Crippen LogP contribution is 2.40. The standard InChI is InChI=1S/C23H21N5O4S3/c1-34(29,30)20-12-27-23(33-20)19-11-26-22-18(5-6-25-22)21(19)28-16-7-15(8-16)13-35(31,32)17-4-2-3-14(9-17)10-24/h2-6,9,11-12,15-16H,7-8,13H2,1H3,(H2,25,26,28). The van der Waals surface area contributed by atoms with Gasteiger partial charge in [0.05, 0.1) is 39.7 Å². The summed E-state index contributed by atoms with van der Waals surface area (Å²) in [5.41, 5.74) is 2.49. The van der Waals surface area contributed by atoms with Crippen LogP contribution in [0.4, 0.5) is 5.69 Å². The van der Waals surface area contributed by atoms with Crippen LogP contribution in [0.2, 0.25) is 0 Å². The molecule has 0 unspecified atom stereocenters. The quantitative estimate of drug-likeness (QED) is 0.370. The van der Waals surface area contributed by atoms with E-state index in [9.17, 15) is 16.8 Å². The molecular weight excluding hydrogens is 506 g/mol. The van der Waals surface area contributed by atoms with Crippen molar-refractivity contribution in [1.82, 2.24) is 15.0 Å². The van der Waals surface area contributed by atoms with E-state index in [1.807, 2.05) is 12.1 Å². The van der Waals surface area contributed by atoms with Crippen LogP contribution in [-0.4, -0.2) is 49.8 Å². The van der Waals surface area contributed by atoms with E-state index in [1.165, 1.54) is 18.3 Å². The van der Waals surface area contributed by atoms with Crippen LogP contribution in [-0.2, 0) is 19.7 Å². The van der Waals surface area contributed by atoms with Crippen LogP contribution in [0.5, 0.6) is 0 Å².